The average molecular weight is 418 g/mol. The van der Waals surface area contributed by atoms with Crippen LogP contribution in [0.25, 0.3) is 0 Å². The summed E-state index contributed by atoms with van der Waals surface area (Å²) in [5.74, 6) is 0.686. The van der Waals surface area contributed by atoms with Crippen molar-refractivity contribution in [1.29, 1.82) is 0 Å². The molecule has 7 heteroatoms. The van der Waals surface area contributed by atoms with Crippen molar-refractivity contribution >= 4 is 17.4 Å². The van der Waals surface area contributed by atoms with Gasteiger partial charge in [0.1, 0.15) is 12.4 Å². The second kappa shape index (κ2) is 10.8. The summed E-state index contributed by atoms with van der Waals surface area (Å²) in [6.07, 6.45) is 3.48. The van der Waals surface area contributed by atoms with E-state index in [2.05, 4.69) is 10.1 Å². The minimum absolute atomic E-state index is 0.0148. The molecule has 0 saturated carbocycles. The van der Waals surface area contributed by atoms with Crippen LogP contribution in [0.15, 0.2) is 84.3 Å². The summed E-state index contributed by atoms with van der Waals surface area (Å²) in [5.41, 5.74) is 8.46. The first-order chi connectivity index (χ1) is 15.0. The molecule has 0 aliphatic heterocycles. The number of aromatic nitrogens is 1. The highest BCUT2D eigenvalue weighted by molar-refractivity contribution is 5.97. The molecule has 0 spiro atoms. The van der Waals surface area contributed by atoms with Crippen LogP contribution in [-0.4, -0.2) is 29.4 Å². The highest BCUT2D eigenvalue weighted by Crippen LogP contribution is 2.17. The number of carbonyl (C=O) groups excluding carboxylic acids is 1. The standard InChI is InChI=1S/C24H26N4O3/c1-18(2)28(21-8-4-3-5-9-21)23(29)17-31-27-24(25)20-10-12-22(13-11-20)30-16-19-7-6-14-26-15-19/h3-15,18H,16-17H2,1-2H3,(H2,25,27). The fourth-order valence-corrected chi connectivity index (χ4v) is 2.97. The van der Waals surface area contributed by atoms with Gasteiger partial charge in [-0.2, -0.15) is 0 Å². The van der Waals surface area contributed by atoms with Crippen LogP contribution in [0.3, 0.4) is 0 Å². The maximum Gasteiger partial charge on any atom is 0.267 e. The number of hydrogen-bond donors (Lipinski definition) is 1. The Morgan fingerprint density at radius 3 is 2.45 bits per heavy atom. The van der Waals surface area contributed by atoms with Crippen LogP contribution in [0, 0.1) is 0 Å². The maximum absolute atomic E-state index is 12.6. The molecule has 0 saturated heterocycles. The van der Waals surface area contributed by atoms with Crippen LogP contribution in [0.2, 0.25) is 0 Å². The number of amides is 1. The van der Waals surface area contributed by atoms with Crippen molar-refractivity contribution in [1.82, 2.24) is 4.98 Å². The summed E-state index contributed by atoms with van der Waals surface area (Å²) in [5, 5.41) is 3.89. The summed E-state index contributed by atoms with van der Waals surface area (Å²) in [6, 6.07) is 20.4. The molecule has 0 bridgehead atoms. The van der Waals surface area contributed by atoms with E-state index in [0.29, 0.717) is 17.9 Å². The molecule has 2 aromatic carbocycles. The number of carbonyl (C=O) groups is 1. The lowest BCUT2D eigenvalue weighted by atomic mass is 10.2. The van der Waals surface area contributed by atoms with E-state index in [1.54, 1.807) is 41.6 Å². The topological polar surface area (TPSA) is 90.0 Å². The highest BCUT2D eigenvalue weighted by Gasteiger charge is 2.19. The summed E-state index contributed by atoms with van der Waals surface area (Å²) >= 11 is 0. The first-order valence-electron chi connectivity index (χ1n) is 9.99. The van der Waals surface area contributed by atoms with Crippen LogP contribution in [0.1, 0.15) is 25.0 Å². The van der Waals surface area contributed by atoms with E-state index < -0.39 is 0 Å². The van der Waals surface area contributed by atoms with Gasteiger partial charge in [0.2, 0.25) is 0 Å². The number of hydrogen-bond acceptors (Lipinski definition) is 5. The third kappa shape index (κ3) is 6.30. The van der Waals surface area contributed by atoms with Gasteiger partial charge in [-0.3, -0.25) is 9.78 Å². The second-order valence-corrected chi connectivity index (χ2v) is 7.12. The normalized spacial score (nSPS) is 11.3. The predicted octanol–water partition coefficient (Wildman–Crippen LogP) is 3.74. The van der Waals surface area contributed by atoms with Gasteiger partial charge in [-0.1, -0.05) is 29.4 Å². The summed E-state index contributed by atoms with van der Waals surface area (Å²) in [4.78, 5) is 23.6. The molecule has 0 atom stereocenters. The van der Waals surface area contributed by atoms with Crippen molar-refractivity contribution in [3.63, 3.8) is 0 Å². The van der Waals surface area contributed by atoms with Gasteiger partial charge in [0, 0.05) is 35.2 Å². The minimum atomic E-state index is -0.208. The lowest BCUT2D eigenvalue weighted by molar-refractivity contribution is -0.123. The molecule has 0 aliphatic rings. The third-order valence-corrected chi connectivity index (χ3v) is 4.45. The average Bonchev–Trinajstić information content (AvgIpc) is 2.79. The molecule has 0 fully saturated rings. The van der Waals surface area contributed by atoms with Gasteiger partial charge in [-0.15, -0.1) is 0 Å². The van der Waals surface area contributed by atoms with Crippen molar-refractivity contribution in [3.8, 4) is 5.75 Å². The number of anilines is 1. The zero-order chi connectivity index (χ0) is 22.1. The maximum atomic E-state index is 12.6. The Hall–Kier alpha value is -3.87. The number of nitrogens with zero attached hydrogens (tertiary/aromatic N) is 3. The van der Waals surface area contributed by atoms with Gasteiger partial charge in [-0.05, 0) is 56.3 Å². The fourth-order valence-electron chi connectivity index (χ4n) is 2.97. The molecule has 7 nitrogen and oxygen atoms in total. The van der Waals surface area contributed by atoms with Crippen LogP contribution in [0.5, 0.6) is 5.75 Å². The Morgan fingerprint density at radius 1 is 1.06 bits per heavy atom. The first-order valence-corrected chi connectivity index (χ1v) is 9.99. The monoisotopic (exact) mass is 418 g/mol. The number of pyridine rings is 1. The van der Waals surface area contributed by atoms with Crippen molar-refractivity contribution in [3.05, 3.63) is 90.3 Å². The Kier molecular flexibility index (Phi) is 7.59. The lowest BCUT2D eigenvalue weighted by Gasteiger charge is -2.26. The third-order valence-electron chi connectivity index (χ3n) is 4.45. The van der Waals surface area contributed by atoms with Gasteiger partial charge >= 0.3 is 0 Å². The van der Waals surface area contributed by atoms with E-state index in [4.69, 9.17) is 15.3 Å². The Balaban J connectivity index is 1.54. The van der Waals surface area contributed by atoms with Crippen LogP contribution < -0.4 is 15.4 Å². The van der Waals surface area contributed by atoms with Crippen LogP contribution >= 0.6 is 0 Å². The molecular weight excluding hydrogens is 392 g/mol. The molecule has 31 heavy (non-hydrogen) atoms. The van der Waals surface area contributed by atoms with Gasteiger partial charge in [0.15, 0.2) is 12.4 Å². The number of amidine groups is 1. The molecule has 1 aromatic heterocycles. The van der Waals surface area contributed by atoms with Crippen molar-refractivity contribution in [2.24, 2.45) is 10.9 Å². The van der Waals surface area contributed by atoms with E-state index in [9.17, 15) is 4.79 Å². The first kappa shape index (κ1) is 21.8. The van der Waals surface area contributed by atoms with Gasteiger partial charge in [0.25, 0.3) is 5.91 Å². The zero-order valence-electron chi connectivity index (χ0n) is 17.6. The molecule has 1 amide bonds. The number of benzene rings is 2. The van der Waals surface area contributed by atoms with Crippen LogP contribution in [-0.2, 0) is 16.2 Å². The SMILES string of the molecule is CC(C)N(C(=O)CO/N=C(/N)c1ccc(OCc2cccnc2)cc1)c1ccccc1. The molecule has 160 valence electrons. The van der Waals surface area contributed by atoms with Crippen molar-refractivity contribution < 1.29 is 14.4 Å². The fraction of sp³-hybridized carbons (Fsp3) is 0.208. The van der Waals surface area contributed by atoms with Gasteiger partial charge < -0.3 is 20.2 Å². The Bertz CT molecular complexity index is 990. The van der Waals surface area contributed by atoms with E-state index in [-0.39, 0.29) is 24.4 Å². The Labute approximate surface area is 182 Å². The van der Waals surface area contributed by atoms with Crippen LogP contribution in [0.4, 0.5) is 5.69 Å². The largest absolute Gasteiger partial charge is 0.489 e. The number of ether oxygens (including phenoxy) is 1. The Morgan fingerprint density at radius 2 is 1.81 bits per heavy atom. The molecule has 0 unspecified atom stereocenters. The zero-order valence-corrected chi connectivity index (χ0v) is 17.6. The lowest BCUT2D eigenvalue weighted by Crippen LogP contribution is -2.39. The molecule has 3 rings (SSSR count). The number of rotatable bonds is 9. The number of oxime groups is 1. The van der Waals surface area contributed by atoms with Crippen molar-refractivity contribution in [2.75, 3.05) is 11.5 Å². The molecule has 1 heterocycles. The molecular formula is C24H26N4O3. The summed E-state index contributed by atoms with van der Waals surface area (Å²) in [7, 11) is 0. The van der Waals surface area contributed by atoms with E-state index in [0.717, 1.165) is 11.3 Å². The molecule has 0 radical (unpaired) electrons. The van der Waals surface area contributed by atoms with E-state index in [1.165, 1.54) is 0 Å². The van der Waals surface area contributed by atoms with Crippen molar-refractivity contribution in [2.45, 2.75) is 26.5 Å². The van der Waals surface area contributed by atoms with Gasteiger partial charge in [0.05, 0.1) is 0 Å². The van der Waals surface area contributed by atoms with E-state index >= 15 is 0 Å². The van der Waals surface area contributed by atoms with E-state index in [1.807, 2.05) is 56.3 Å². The number of nitrogens with two attached hydrogens (primary N) is 1. The van der Waals surface area contributed by atoms with Gasteiger partial charge in [-0.25, -0.2) is 0 Å². The molecule has 3 aromatic rings. The minimum Gasteiger partial charge on any atom is -0.489 e. The molecule has 2 N–H and O–H groups in total. The molecule has 0 aliphatic carbocycles. The smallest absolute Gasteiger partial charge is 0.267 e. The number of para-hydroxylation sites is 1. The predicted molar refractivity (Wildman–Crippen MR) is 121 cm³/mol. The quantitative estimate of drug-likeness (QED) is 0.325. The summed E-state index contributed by atoms with van der Waals surface area (Å²) < 4.78 is 5.73. The highest BCUT2D eigenvalue weighted by atomic mass is 16.6. The second-order valence-electron chi connectivity index (χ2n) is 7.12. The summed E-state index contributed by atoms with van der Waals surface area (Å²) in [6.45, 7) is 4.11.